The third-order valence-corrected chi connectivity index (χ3v) is 3.49. The molecule has 0 atom stereocenters. The number of ether oxygens (including phenoxy) is 1. The summed E-state index contributed by atoms with van der Waals surface area (Å²) in [6.07, 6.45) is 2.79. The van der Waals surface area contributed by atoms with E-state index in [1.807, 2.05) is 37.3 Å². The molecule has 0 aliphatic heterocycles. The fraction of sp³-hybridized carbons (Fsp3) is 0.235. The number of rotatable bonds is 6. The molecule has 0 aliphatic carbocycles. The molecule has 0 aliphatic rings. The highest BCUT2D eigenvalue weighted by Gasteiger charge is 2.12. The molecule has 0 spiro atoms. The summed E-state index contributed by atoms with van der Waals surface area (Å²) in [5.74, 6) is -0.803. The molecule has 0 amide bonds. The number of aromatic nitrogens is 2. The molecule has 0 bridgehead atoms. The van der Waals surface area contributed by atoms with Gasteiger partial charge in [0, 0.05) is 11.6 Å². The van der Waals surface area contributed by atoms with Crippen LogP contribution in [0.4, 0.5) is 0 Å². The van der Waals surface area contributed by atoms with E-state index in [4.69, 9.17) is 16.3 Å². The van der Waals surface area contributed by atoms with Crippen molar-refractivity contribution < 1.29 is 14.3 Å². The van der Waals surface area contributed by atoms with Crippen LogP contribution in [-0.4, -0.2) is 28.1 Å². The molecule has 0 radical (unpaired) electrons. The van der Waals surface area contributed by atoms with Gasteiger partial charge in [0.25, 0.3) is 0 Å². The summed E-state index contributed by atoms with van der Waals surface area (Å²) < 4.78 is 6.44. The second kappa shape index (κ2) is 7.74. The summed E-state index contributed by atoms with van der Waals surface area (Å²) in [5, 5.41) is 4.83. The molecule has 0 N–H and O–H groups in total. The van der Waals surface area contributed by atoms with Crippen molar-refractivity contribution in [2.75, 3.05) is 6.61 Å². The van der Waals surface area contributed by atoms with E-state index < -0.39 is 5.97 Å². The monoisotopic (exact) mass is 332 g/mol. The van der Waals surface area contributed by atoms with Crippen molar-refractivity contribution in [2.45, 2.75) is 20.4 Å². The Kier molecular flexibility index (Phi) is 5.71. The number of Topliss-reactive ketones (excluding diaryl/α,β-unsaturated/α-hetero) is 1. The number of aryl methyl sites for hydroxylation is 1. The standard InChI is InChI=1S/C17H17ClN2O3/c1-12(21)11-23-16(22)9-8-15-13(2)19-20(17(15)18)10-14-6-4-3-5-7-14/h3-9H,10-11H2,1-2H3. The second-order valence-corrected chi connectivity index (χ2v) is 5.43. The molecule has 6 heteroatoms. The smallest absolute Gasteiger partial charge is 0.331 e. The van der Waals surface area contributed by atoms with Gasteiger partial charge in [0.2, 0.25) is 0 Å². The van der Waals surface area contributed by atoms with Crippen molar-refractivity contribution in [2.24, 2.45) is 0 Å². The van der Waals surface area contributed by atoms with Crippen molar-refractivity contribution in [3.05, 3.63) is 58.4 Å². The molecule has 1 aromatic carbocycles. The van der Waals surface area contributed by atoms with Crippen LogP contribution in [0.5, 0.6) is 0 Å². The maximum absolute atomic E-state index is 11.5. The lowest BCUT2D eigenvalue weighted by molar-refractivity contribution is -0.142. The van der Waals surface area contributed by atoms with Crippen LogP contribution in [0.3, 0.4) is 0 Å². The fourth-order valence-corrected chi connectivity index (χ4v) is 2.29. The zero-order valence-electron chi connectivity index (χ0n) is 13.0. The maximum Gasteiger partial charge on any atom is 0.331 e. The second-order valence-electron chi connectivity index (χ2n) is 5.08. The van der Waals surface area contributed by atoms with Crippen molar-refractivity contribution in [1.82, 2.24) is 9.78 Å². The number of halogens is 1. The molecular formula is C17H17ClN2O3. The minimum absolute atomic E-state index is 0.211. The van der Waals surface area contributed by atoms with Gasteiger partial charge in [-0.3, -0.25) is 4.79 Å². The number of carbonyl (C=O) groups is 2. The fourth-order valence-electron chi connectivity index (χ4n) is 1.99. The van der Waals surface area contributed by atoms with Crippen LogP contribution >= 0.6 is 11.6 Å². The first-order chi connectivity index (χ1) is 11.0. The molecule has 23 heavy (non-hydrogen) atoms. The highest BCUT2D eigenvalue weighted by atomic mass is 35.5. The summed E-state index contributed by atoms with van der Waals surface area (Å²) in [7, 11) is 0. The Hall–Kier alpha value is -2.40. The summed E-state index contributed by atoms with van der Waals surface area (Å²) >= 11 is 6.33. The van der Waals surface area contributed by atoms with Gasteiger partial charge in [-0.1, -0.05) is 41.9 Å². The molecule has 1 aromatic heterocycles. The molecule has 1 heterocycles. The zero-order chi connectivity index (χ0) is 16.8. The van der Waals surface area contributed by atoms with Gasteiger partial charge in [-0.15, -0.1) is 0 Å². The minimum Gasteiger partial charge on any atom is -0.455 e. The maximum atomic E-state index is 11.5. The number of hydrogen-bond acceptors (Lipinski definition) is 4. The van der Waals surface area contributed by atoms with Crippen LogP contribution in [0.2, 0.25) is 5.15 Å². The van der Waals surface area contributed by atoms with Gasteiger partial charge in [0.05, 0.1) is 12.2 Å². The Morgan fingerprint density at radius 1 is 1.30 bits per heavy atom. The Morgan fingerprint density at radius 3 is 2.65 bits per heavy atom. The minimum atomic E-state index is -0.591. The molecule has 0 saturated carbocycles. The molecule has 0 saturated heterocycles. The Morgan fingerprint density at radius 2 is 2.00 bits per heavy atom. The van der Waals surface area contributed by atoms with Gasteiger partial charge < -0.3 is 4.74 Å². The van der Waals surface area contributed by atoms with Crippen molar-refractivity contribution in [3.8, 4) is 0 Å². The van der Waals surface area contributed by atoms with E-state index >= 15 is 0 Å². The lowest BCUT2D eigenvalue weighted by atomic mass is 10.2. The highest BCUT2D eigenvalue weighted by molar-refractivity contribution is 6.31. The van der Waals surface area contributed by atoms with E-state index in [-0.39, 0.29) is 12.4 Å². The lowest BCUT2D eigenvalue weighted by Gasteiger charge is -2.03. The number of ketones is 1. The van der Waals surface area contributed by atoms with Crippen LogP contribution in [0.25, 0.3) is 6.08 Å². The average Bonchev–Trinajstić information content (AvgIpc) is 2.78. The van der Waals surface area contributed by atoms with Gasteiger partial charge >= 0.3 is 5.97 Å². The predicted molar refractivity (Wildman–Crippen MR) is 88.2 cm³/mol. The summed E-state index contributed by atoms with van der Waals surface area (Å²) in [6, 6.07) is 9.82. The Balaban J connectivity index is 2.11. The SMILES string of the molecule is CC(=O)COC(=O)C=Cc1c(C)nn(Cc2ccccc2)c1Cl. The van der Waals surface area contributed by atoms with Crippen molar-refractivity contribution in [3.63, 3.8) is 0 Å². The number of esters is 1. The van der Waals surface area contributed by atoms with E-state index in [1.54, 1.807) is 10.8 Å². The third kappa shape index (κ3) is 4.79. The van der Waals surface area contributed by atoms with Gasteiger partial charge in [-0.2, -0.15) is 5.10 Å². The van der Waals surface area contributed by atoms with Crippen molar-refractivity contribution >= 4 is 29.4 Å². The van der Waals surface area contributed by atoms with E-state index in [2.05, 4.69) is 5.10 Å². The van der Waals surface area contributed by atoms with E-state index in [0.29, 0.717) is 23.0 Å². The zero-order valence-corrected chi connectivity index (χ0v) is 13.7. The largest absolute Gasteiger partial charge is 0.455 e. The Bertz CT molecular complexity index is 736. The third-order valence-electron chi connectivity index (χ3n) is 3.09. The molecule has 0 unspecified atom stereocenters. The van der Waals surface area contributed by atoms with E-state index in [0.717, 1.165) is 5.56 Å². The summed E-state index contributed by atoms with van der Waals surface area (Å²) in [6.45, 7) is 3.48. The van der Waals surface area contributed by atoms with Crippen molar-refractivity contribution in [1.29, 1.82) is 0 Å². The van der Waals surface area contributed by atoms with Gasteiger partial charge in [0.1, 0.15) is 11.8 Å². The van der Waals surface area contributed by atoms with Crippen LogP contribution < -0.4 is 0 Å². The molecule has 2 aromatic rings. The first kappa shape index (κ1) is 17.0. The highest BCUT2D eigenvalue weighted by Crippen LogP contribution is 2.22. The molecular weight excluding hydrogens is 316 g/mol. The Labute approximate surface area is 139 Å². The van der Waals surface area contributed by atoms with E-state index in [9.17, 15) is 9.59 Å². The molecule has 120 valence electrons. The summed E-state index contributed by atoms with van der Waals surface area (Å²) in [5.41, 5.74) is 2.44. The lowest BCUT2D eigenvalue weighted by Crippen LogP contribution is -2.08. The quantitative estimate of drug-likeness (QED) is 0.602. The number of carbonyl (C=O) groups excluding carboxylic acids is 2. The first-order valence-corrected chi connectivity index (χ1v) is 7.46. The van der Waals surface area contributed by atoms with Crippen LogP contribution in [0, 0.1) is 6.92 Å². The predicted octanol–water partition coefficient (Wildman–Crippen LogP) is 3.04. The first-order valence-electron chi connectivity index (χ1n) is 7.08. The van der Waals surface area contributed by atoms with Crippen LogP contribution in [-0.2, 0) is 20.9 Å². The molecule has 0 fully saturated rings. The molecule has 5 nitrogen and oxygen atoms in total. The number of benzene rings is 1. The van der Waals surface area contributed by atoms with E-state index in [1.165, 1.54) is 13.0 Å². The average molecular weight is 333 g/mol. The number of hydrogen-bond donors (Lipinski definition) is 0. The number of nitrogens with zero attached hydrogens (tertiary/aromatic N) is 2. The van der Waals surface area contributed by atoms with Crippen LogP contribution in [0.1, 0.15) is 23.7 Å². The normalized spacial score (nSPS) is 10.9. The van der Waals surface area contributed by atoms with Gasteiger partial charge in [-0.05, 0) is 25.5 Å². The topological polar surface area (TPSA) is 61.2 Å². The van der Waals surface area contributed by atoms with Gasteiger partial charge in [0.15, 0.2) is 5.78 Å². The van der Waals surface area contributed by atoms with Crippen LogP contribution in [0.15, 0.2) is 36.4 Å². The summed E-state index contributed by atoms with van der Waals surface area (Å²) in [4.78, 5) is 22.3. The van der Waals surface area contributed by atoms with Gasteiger partial charge in [-0.25, -0.2) is 9.48 Å². The molecule has 2 rings (SSSR count).